The molecule has 0 bridgehead atoms. The number of aromatic nitrogens is 4. The molecule has 2 aromatic heterocycles. The van der Waals surface area contributed by atoms with Crippen LogP contribution in [0.3, 0.4) is 0 Å². The molecule has 2 heterocycles. The van der Waals surface area contributed by atoms with Gasteiger partial charge in [-0.05, 0) is 30.2 Å². The minimum atomic E-state index is -0.459. The molecule has 146 valence electrons. The molecule has 1 N–H and O–H groups in total. The molecule has 0 fully saturated rings. The van der Waals surface area contributed by atoms with Gasteiger partial charge in [-0.15, -0.1) is 0 Å². The Morgan fingerprint density at radius 2 is 1.82 bits per heavy atom. The third kappa shape index (κ3) is 3.66. The van der Waals surface area contributed by atoms with Crippen molar-refractivity contribution in [1.82, 2.24) is 24.9 Å². The molecular weight excluding hydrogens is 358 g/mol. The number of aryl methyl sites for hydroxylation is 2. The zero-order valence-corrected chi connectivity index (χ0v) is 16.3. The second-order valence-corrected chi connectivity index (χ2v) is 6.41. The van der Waals surface area contributed by atoms with Crippen LogP contribution >= 0.6 is 0 Å². The van der Waals surface area contributed by atoms with Gasteiger partial charge in [-0.3, -0.25) is 14.2 Å². The van der Waals surface area contributed by atoms with Crippen molar-refractivity contribution >= 4 is 11.9 Å². The molecule has 0 radical (unpaired) electrons. The van der Waals surface area contributed by atoms with Crippen LogP contribution in [0.2, 0.25) is 0 Å². The van der Waals surface area contributed by atoms with Crippen LogP contribution in [-0.2, 0) is 18.8 Å². The Hall–Kier alpha value is -3.42. The number of methoxy groups -OCH3 is 1. The zero-order valence-electron chi connectivity index (χ0n) is 16.3. The van der Waals surface area contributed by atoms with Crippen LogP contribution in [0, 0.1) is 0 Å². The molecule has 0 saturated carbocycles. The number of hydrogen-bond acceptors (Lipinski definition) is 5. The van der Waals surface area contributed by atoms with Crippen molar-refractivity contribution < 1.29 is 14.3 Å². The average molecular weight is 381 g/mol. The Bertz CT molecular complexity index is 988. The van der Waals surface area contributed by atoms with Crippen LogP contribution in [0.15, 0.2) is 42.7 Å². The van der Waals surface area contributed by atoms with Gasteiger partial charge in [0.05, 0.1) is 25.0 Å². The lowest BCUT2D eigenvalue weighted by molar-refractivity contribution is 0.0589. The fourth-order valence-corrected chi connectivity index (χ4v) is 3.14. The summed E-state index contributed by atoms with van der Waals surface area (Å²) in [6, 6.07) is 8.83. The number of rotatable bonds is 6. The summed E-state index contributed by atoms with van der Waals surface area (Å²) in [5.74, 6) is -0.627. The number of amides is 1. The van der Waals surface area contributed by atoms with Gasteiger partial charge in [-0.1, -0.05) is 19.1 Å². The van der Waals surface area contributed by atoms with E-state index >= 15 is 0 Å². The highest BCUT2D eigenvalue weighted by molar-refractivity contribution is 5.97. The minimum absolute atomic E-state index is 0.121. The topological polar surface area (TPSA) is 91.0 Å². The molecule has 3 rings (SSSR count). The highest BCUT2D eigenvalue weighted by Gasteiger charge is 2.20. The van der Waals surface area contributed by atoms with Gasteiger partial charge in [0, 0.05) is 31.4 Å². The standard InChI is InChI=1S/C20H23N5O3/c1-5-16(17-10-11-21-24(17)2)23-19(26)14-8-6-13(7-9-14)15-12-22-25(3)18(15)20(27)28-4/h6-12,16H,5H2,1-4H3,(H,23,26)/t16-/m0/s1. The van der Waals surface area contributed by atoms with E-state index in [2.05, 4.69) is 15.5 Å². The van der Waals surface area contributed by atoms with E-state index in [4.69, 9.17) is 4.74 Å². The first-order valence-electron chi connectivity index (χ1n) is 8.95. The molecule has 3 aromatic rings. The number of carbonyl (C=O) groups is 2. The zero-order chi connectivity index (χ0) is 20.3. The maximum absolute atomic E-state index is 12.7. The van der Waals surface area contributed by atoms with Crippen LogP contribution in [0.1, 0.15) is 45.9 Å². The predicted molar refractivity (Wildman–Crippen MR) is 104 cm³/mol. The first-order valence-corrected chi connectivity index (χ1v) is 8.95. The third-order valence-corrected chi connectivity index (χ3v) is 4.71. The largest absolute Gasteiger partial charge is 0.464 e. The van der Waals surface area contributed by atoms with Gasteiger partial charge in [0.2, 0.25) is 0 Å². The van der Waals surface area contributed by atoms with Crippen LogP contribution < -0.4 is 5.32 Å². The lowest BCUT2D eigenvalue weighted by Gasteiger charge is -2.17. The minimum Gasteiger partial charge on any atom is -0.464 e. The monoisotopic (exact) mass is 381 g/mol. The van der Waals surface area contributed by atoms with Crippen LogP contribution in [0.5, 0.6) is 0 Å². The van der Waals surface area contributed by atoms with Gasteiger partial charge in [-0.2, -0.15) is 10.2 Å². The molecule has 1 atom stereocenters. The summed E-state index contributed by atoms with van der Waals surface area (Å²) in [6.07, 6.45) is 4.07. The Morgan fingerprint density at radius 3 is 2.39 bits per heavy atom. The Kier molecular flexibility index (Phi) is 5.58. The molecule has 8 nitrogen and oxygen atoms in total. The van der Waals surface area contributed by atoms with Gasteiger partial charge < -0.3 is 10.1 Å². The quantitative estimate of drug-likeness (QED) is 0.663. The van der Waals surface area contributed by atoms with E-state index in [1.165, 1.54) is 11.8 Å². The van der Waals surface area contributed by atoms with E-state index in [1.807, 2.05) is 20.0 Å². The number of esters is 1. The Morgan fingerprint density at radius 1 is 1.11 bits per heavy atom. The van der Waals surface area contributed by atoms with E-state index in [0.29, 0.717) is 16.8 Å². The Balaban J connectivity index is 1.80. The van der Waals surface area contributed by atoms with Crippen molar-refractivity contribution in [2.45, 2.75) is 19.4 Å². The molecule has 0 aliphatic carbocycles. The molecule has 1 aromatic carbocycles. The maximum Gasteiger partial charge on any atom is 0.356 e. The predicted octanol–water partition coefficient (Wildman–Crippen LogP) is 2.49. The summed E-state index contributed by atoms with van der Waals surface area (Å²) in [4.78, 5) is 24.7. The number of ether oxygens (including phenoxy) is 1. The molecule has 0 saturated heterocycles. The highest BCUT2D eigenvalue weighted by atomic mass is 16.5. The average Bonchev–Trinajstić information content (AvgIpc) is 3.31. The first-order chi connectivity index (χ1) is 13.5. The number of benzene rings is 1. The number of hydrogen-bond donors (Lipinski definition) is 1. The number of carbonyl (C=O) groups excluding carboxylic acids is 2. The first kappa shape index (κ1) is 19.3. The third-order valence-electron chi connectivity index (χ3n) is 4.71. The maximum atomic E-state index is 12.7. The van der Waals surface area contributed by atoms with E-state index in [-0.39, 0.29) is 11.9 Å². The fraction of sp³-hybridized carbons (Fsp3) is 0.300. The second-order valence-electron chi connectivity index (χ2n) is 6.41. The Labute approximate surface area is 163 Å². The summed E-state index contributed by atoms with van der Waals surface area (Å²) in [6.45, 7) is 2.01. The van der Waals surface area contributed by atoms with Gasteiger partial charge in [0.25, 0.3) is 5.91 Å². The summed E-state index contributed by atoms with van der Waals surface area (Å²) in [7, 11) is 4.87. The van der Waals surface area contributed by atoms with Gasteiger partial charge >= 0.3 is 5.97 Å². The lowest BCUT2D eigenvalue weighted by atomic mass is 10.0. The highest BCUT2D eigenvalue weighted by Crippen LogP contribution is 2.24. The normalized spacial score (nSPS) is 11.9. The number of nitrogens with one attached hydrogen (secondary N) is 1. The smallest absolute Gasteiger partial charge is 0.356 e. The van der Waals surface area contributed by atoms with Crippen LogP contribution in [0.4, 0.5) is 0 Å². The molecule has 28 heavy (non-hydrogen) atoms. The van der Waals surface area contributed by atoms with Crippen LogP contribution in [0.25, 0.3) is 11.1 Å². The summed E-state index contributed by atoms with van der Waals surface area (Å²) < 4.78 is 8.06. The van der Waals surface area contributed by atoms with Crippen molar-refractivity contribution in [2.24, 2.45) is 14.1 Å². The van der Waals surface area contributed by atoms with Crippen molar-refractivity contribution in [1.29, 1.82) is 0 Å². The fourth-order valence-electron chi connectivity index (χ4n) is 3.14. The van der Waals surface area contributed by atoms with E-state index in [1.54, 1.807) is 48.4 Å². The van der Waals surface area contributed by atoms with E-state index in [9.17, 15) is 9.59 Å². The van der Waals surface area contributed by atoms with Crippen molar-refractivity contribution in [2.75, 3.05) is 7.11 Å². The second kappa shape index (κ2) is 8.08. The van der Waals surface area contributed by atoms with E-state index in [0.717, 1.165) is 17.7 Å². The summed E-state index contributed by atoms with van der Waals surface area (Å²) in [5, 5.41) is 11.3. The molecule has 8 heteroatoms. The molecule has 1 amide bonds. The lowest BCUT2D eigenvalue weighted by Crippen LogP contribution is -2.29. The molecule has 0 spiro atoms. The molecule has 0 aliphatic rings. The SMILES string of the molecule is CC[C@H](NC(=O)c1ccc(-c2cnn(C)c2C(=O)OC)cc1)c1ccnn1C. The van der Waals surface area contributed by atoms with Crippen molar-refractivity contribution in [3.05, 3.63) is 59.7 Å². The molecular formula is C20H23N5O3. The van der Waals surface area contributed by atoms with Crippen molar-refractivity contribution in [3.8, 4) is 11.1 Å². The molecule has 0 aliphatic heterocycles. The van der Waals surface area contributed by atoms with E-state index < -0.39 is 5.97 Å². The summed E-state index contributed by atoms with van der Waals surface area (Å²) in [5.41, 5.74) is 3.28. The van der Waals surface area contributed by atoms with Gasteiger partial charge in [0.1, 0.15) is 0 Å². The van der Waals surface area contributed by atoms with Crippen LogP contribution in [-0.4, -0.2) is 38.5 Å². The molecule has 0 unspecified atom stereocenters. The van der Waals surface area contributed by atoms with Crippen molar-refractivity contribution in [3.63, 3.8) is 0 Å². The van der Waals surface area contributed by atoms with Gasteiger partial charge in [0.15, 0.2) is 5.69 Å². The van der Waals surface area contributed by atoms with Gasteiger partial charge in [-0.25, -0.2) is 4.79 Å². The number of nitrogens with zero attached hydrogens (tertiary/aromatic N) is 4. The summed E-state index contributed by atoms with van der Waals surface area (Å²) >= 11 is 0.